The van der Waals surface area contributed by atoms with Gasteiger partial charge in [-0.15, -0.1) is 0 Å². The fourth-order valence-electron chi connectivity index (χ4n) is 1.85. The van der Waals surface area contributed by atoms with Crippen molar-refractivity contribution in [1.82, 2.24) is 5.32 Å². The van der Waals surface area contributed by atoms with Crippen molar-refractivity contribution in [3.05, 3.63) is 23.8 Å². The van der Waals surface area contributed by atoms with E-state index in [2.05, 4.69) is 10.1 Å². The molecule has 110 valence electrons. The number of esters is 1. The van der Waals surface area contributed by atoms with Gasteiger partial charge in [0.2, 0.25) is 0 Å². The third-order valence-corrected chi connectivity index (χ3v) is 3.22. The standard InChI is InChI=1S/C15H21NO4/c1-18-13-5-6-14(20-8-7-15(17)19-2)11(9-13)10-16-12-3-4-12/h5-6,9,12,16H,3-4,7-8,10H2,1-2H3. The van der Waals surface area contributed by atoms with Gasteiger partial charge in [0.1, 0.15) is 11.5 Å². The molecular weight excluding hydrogens is 258 g/mol. The van der Waals surface area contributed by atoms with Crippen molar-refractivity contribution in [3.8, 4) is 11.5 Å². The Morgan fingerprint density at radius 2 is 2.15 bits per heavy atom. The summed E-state index contributed by atoms with van der Waals surface area (Å²) >= 11 is 0. The molecule has 1 saturated carbocycles. The number of carbonyl (C=O) groups is 1. The first-order valence-corrected chi connectivity index (χ1v) is 6.83. The van der Waals surface area contributed by atoms with Gasteiger partial charge in [-0.25, -0.2) is 0 Å². The lowest BCUT2D eigenvalue weighted by Gasteiger charge is -2.13. The molecule has 1 fully saturated rings. The Bertz CT molecular complexity index is 457. The minimum Gasteiger partial charge on any atom is -0.497 e. The molecule has 0 aromatic heterocycles. The molecular formula is C15H21NO4. The molecule has 1 aromatic rings. The van der Waals surface area contributed by atoms with Crippen LogP contribution >= 0.6 is 0 Å². The Morgan fingerprint density at radius 3 is 2.80 bits per heavy atom. The van der Waals surface area contributed by atoms with Gasteiger partial charge in [0, 0.05) is 18.2 Å². The normalized spacial score (nSPS) is 13.9. The van der Waals surface area contributed by atoms with Crippen LogP contribution in [0.1, 0.15) is 24.8 Å². The number of methoxy groups -OCH3 is 2. The van der Waals surface area contributed by atoms with Crippen LogP contribution in [0.4, 0.5) is 0 Å². The number of nitrogens with one attached hydrogen (secondary N) is 1. The van der Waals surface area contributed by atoms with Gasteiger partial charge in [-0.2, -0.15) is 0 Å². The van der Waals surface area contributed by atoms with Crippen LogP contribution in [0.3, 0.4) is 0 Å². The van der Waals surface area contributed by atoms with Crippen LogP contribution < -0.4 is 14.8 Å². The summed E-state index contributed by atoms with van der Waals surface area (Å²) < 4.78 is 15.5. The molecule has 0 saturated heterocycles. The molecule has 0 spiro atoms. The van der Waals surface area contributed by atoms with Gasteiger partial charge in [-0.05, 0) is 31.0 Å². The van der Waals surface area contributed by atoms with Crippen molar-refractivity contribution in [2.24, 2.45) is 0 Å². The highest BCUT2D eigenvalue weighted by Crippen LogP contribution is 2.26. The first kappa shape index (κ1) is 14.7. The van der Waals surface area contributed by atoms with Crippen molar-refractivity contribution in [2.45, 2.75) is 31.8 Å². The van der Waals surface area contributed by atoms with Gasteiger partial charge in [0.15, 0.2) is 0 Å². The zero-order chi connectivity index (χ0) is 14.4. The Balaban J connectivity index is 1.95. The molecule has 5 heteroatoms. The van der Waals surface area contributed by atoms with Crippen molar-refractivity contribution in [2.75, 3.05) is 20.8 Å². The maximum Gasteiger partial charge on any atom is 0.308 e. The largest absolute Gasteiger partial charge is 0.497 e. The fourth-order valence-corrected chi connectivity index (χ4v) is 1.85. The third kappa shape index (κ3) is 4.42. The summed E-state index contributed by atoms with van der Waals surface area (Å²) in [6.07, 6.45) is 2.73. The molecule has 1 aliphatic carbocycles. The monoisotopic (exact) mass is 279 g/mol. The molecule has 5 nitrogen and oxygen atoms in total. The van der Waals surface area contributed by atoms with E-state index in [0.29, 0.717) is 12.6 Å². The molecule has 0 heterocycles. The van der Waals surface area contributed by atoms with Crippen LogP contribution in [0.5, 0.6) is 11.5 Å². The molecule has 0 unspecified atom stereocenters. The second-order valence-electron chi connectivity index (χ2n) is 4.80. The van der Waals surface area contributed by atoms with E-state index in [1.807, 2.05) is 18.2 Å². The van der Waals surface area contributed by atoms with Crippen LogP contribution in [0, 0.1) is 0 Å². The molecule has 1 aliphatic rings. The molecule has 2 rings (SSSR count). The van der Waals surface area contributed by atoms with Gasteiger partial charge in [-0.3, -0.25) is 4.79 Å². The van der Waals surface area contributed by atoms with E-state index in [-0.39, 0.29) is 12.4 Å². The van der Waals surface area contributed by atoms with Gasteiger partial charge in [-0.1, -0.05) is 0 Å². The highest BCUT2D eigenvalue weighted by Gasteiger charge is 2.20. The summed E-state index contributed by atoms with van der Waals surface area (Å²) in [4.78, 5) is 11.1. The highest BCUT2D eigenvalue weighted by molar-refractivity contribution is 5.69. The lowest BCUT2D eigenvalue weighted by molar-refractivity contribution is -0.141. The van der Waals surface area contributed by atoms with Crippen molar-refractivity contribution >= 4 is 5.97 Å². The smallest absolute Gasteiger partial charge is 0.308 e. The molecule has 0 aliphatic heterocycles. The number of hydrogen-bond donors (Lipinski definition) is 1. The number of hydrogen-bond acceptors (Lipinski definition) is 5. The highest BCUT2D eigenvalue weighted by atomic mass is 16.5. The Labute approximate surface area is 119 Å². The van der Waals surface area contributed by atoms with Gasteiger partial charge in [0.25, 0.3) is 0 Å². The van der Waals surface area contributed by atoms with Crippen LogP contribution in [-0.4, -0.2) is 32.8 Å². The minimum atomic E-state index is -0.267. The van der Waals surface area contributed by atoms with Crippen LogP contribution in [0.2, 0.25) is 0 Å². The lowest BCUT2D eigenvalue weighted by Crippen LogP contribution is -2.16. The fraction of sp³-hybridized carbons (Fsp3) is 0.533. The van der Waals surface area contributed by atoms with E-state index in [1.54, 1.807) is 7.11 Å². The Hall–Kier alpha value is -1.75. The Kier molecular flexibility index (Phi) is 5.24. The van der Waals surface area contributed by atoms with Gasteiger partial charge in [0.05, 0.1) is 27.2 Å². The predicted octanol–water partition coefficient (Wildman–Crippen LogP) is 1.89. The summed E-state index contributed by atoms with van der Waals surface area (Å²) in [7, 11) is 3.02. The summed E-state index contributed by atoms with van der Waals surface area (Å²) in [5, 5.41) is 3.45. The second-order valence-corrected chi connectivity index (χ2v) is 4.80. The molecule has 0 atom stereocenters. The van der Waals surface area contributed by atoms with E-state index >= 15 is 0 Å². The van der Waals surface area contributed by atoms with E-state index in [0.717, 1.165) is 23.6 Å². The molecule has 1 aromatic carbocycles. The molecule has 20 heavy (non-hydrogen) atoms. The molecule has 1 N–H and O–H groups in total. The molecule has 0 bridgehead atoms. The van der Waals surface area contributed by atoms with Crippen molar-refractivity contribution in [3.63, 3.8) is 0 Å². The zero-order valence-corrected chi connectivity index (χ0v) is 12.0. The number of benzene rings is 1. The average Bonchev–Trinajstić information content (AvgIpc) is 3.29. The summed E-state index contributed by atoms with van der Waals surface area (Å²) in [5.74, 6) is 1.32. The van der Waals surface area contributed by atoms with Crippen LogP contribution in [-0.2, 0) is 16.1 Å². The lowest BCUT2D eigenvalue weighted by atomic mass is 10.2. The van der Waals surface area contributed by atoms with E-state index < -0.39 is 0 Å². The second kappa shape index (κ2) is 7.14. The minimum absolute atomic E-state index is 0.248. The summed E-state index contributed by atoms with van der Waals surface area (Å²) in [6.45, 7) is 1.06. The Morgan fingerprint density at radius 1 is 1.35 bits per heavy atom. The number of carbonyl (C=O) groups excluding carboxylic acids is 1. The summed E-state index contributed by atoms with van der Waals surface area (Å²) in [6, 6.07) is 6.32. The molecule has 0 amide bonds. The van der Waals surface area contributed by atoms with Crippen molar-refractivity contribution in [1.29, 1.82) is 0 Å². The first-order valence-electron chi connectivity index (χ1n) is 6.83. The third-order valence-electron chi connectivity index (χ3n) is 3.22. The van der Waals surface area contributed by atoms with E-state index in [9.17, 15) is 4.79 Å². The van der Waals surface area contributed by atoms with Crippen LogP contribution in [0.15, 0.2) is 18.2 Å². The maximum atomic E-state index is 11.1. The van der Waals surface area contributed by atoms with Gasteiger partial charge >= 0.3 is 5.97 Å². The maximum absolute atomic E-state index is 11.1. The topological polar surface area (TPSA) is 56.8 Å². The van der Waals surface area contributed by atoms with Gasteiger partial charge < -0.3 is 19.5 Å². The SMILES string of the molecule is COC(=O)CCOc1ccc(OC)cc1CNC1CC1. The summed E-state index contributed by atoms with van der Waals surface area (Å²) in [5.41, 5.74) is 1.04. The molecule has 0 radical (unpaired) electrons. The van der Waals surface area contributed by atoms with E-state index in [4.69, 9.17) is 9.47 Å². The average molecular weight is 279 g/mol. The quantitative estimate of drug-likeness (QED) is 0.736. The van der Waals surface area contributed by atoms with Crippen molar-refractivity contribution < 1.29 is 19.0 Å². The van der Waals surface area contributed by atoms with E-state index in [1.165, 1.54) is 20.0 Å². The predicted molar refractivity (Wildman–Crippen MR) is 75.0 cm³/mol. The number of ether oxygens (including phenoxy) is 3. The first-order chi connectivity index (χ1) is 9.72. The zero-order valence-electron chi connectivity index (χ0n) is 12.0. The number of rotatable bonds is 8. The van der Waals surface area contributed by atoms with Crippen LogP contribution in [0.25, 0.3) is 0 Å².